The maximum absolute atomic E-state index is 13.3. The van der Waals surface area contributed by atoms with E-state index in [4.69, 9.17) is 16.3 Å². The Hall–Kier alpha value is -2.55. The average Bonchev–Trinajstić information content (AvgIpc) is 3.06. The zero-order chi connectivity index (χ0) is 28.9. The smallest absolute Gasteiger partial charge is 0.264 e. The molecule has 2 bridgehead atoms. The van der Waals surface area contributed by atoms with Gasteiger partial charge in [0.2, 0.25) is 10.0 Å². The number of nitrogens with zero attached hydrogens (tertiary/aromatic N) is 1. The highest BCUT2D eigenvalue weighted by Gasteiger charge is 2.44. The molecule has 2 N–H and O–H groups in total. The van der Waals surface area contributed by atoms with Gasteiger partial charge in [0.25, 0.3) is 5.91 Å². The molecule has 0 radical (unpaired) electrons. The van der Waals surface area contributed by atoms with Crippen LogP contribution in [0, 0.1) is 17.8 Å². The first-order chi connectivity index (χ1) is 19.6. The summed E-state index contributed by atoms with van der Waals surface area (Å²) in [5.74, 6) is 0.232. The Morgan fingerprint density at radius 3 is 2.76 bits per heavy atom. The molecule has 6 rings (SSSR count). The van der Waals surface area contributed by atoms with Crippen LogP contribution in [0.3, 0.4) is 0 Å². The van der Waals surface area contributed by atoms with Crippen LogP contribution in [-0.2, 0) is 21.9 Å². The molecule has 0 saturated heterocycles. The minimum atomic E-state index is -3.91. The number of amides is 1. The van der Waals surface area contributed by atoms with Crippen LogP contribution in [-0.4, -0.2) is 50.5 Å². The highest BCUT2D eigenvalue weighted by Crippen LogP contribution is 2.46. The molecule has 2 aliphatic heterocycles. The largest absolute Gasteiger partial charge is 0.490 e. The van der Waals surface area contributed by atoms with Gasteiger partial charge in [-0.25, -0.2) is 13.1 Å². The Morgan fingerprint density at radius 1 is 1.15 bits per heavy atom. The van der Waals surface area contributed by atoms with E-state index >= 15 is 0 Å². The van der Waals surface area contributed by atoms with E-state index in [2.05, 4.69) is 21.8 Å². The van der Waals surface area contributed by atoms with Gasteiger partial charge in [0.15, 0.2) is 0 Å². The van der Waals surface area contributed by atoms with Crippen molar-refractivity contribution in [2.24, 2.45) is 17.8 Å². The van der Waals surface area contributed by atoms with E-state index < -0.39 is 27.3 Å². The standard InChI is InChI=1S/C32H39ClN2O5S/c1-20-5-3-7-29(36)26-11-8-24(26)17-35-18-32(14-4-6-22-15-25(33)10-12-27(22)32)19-40-30-13-9-23(16-28(30)35)31(37)34-41(38,39)21(20)2/h3,7,9-10,12-13,15-16,20-21,24,26,29,36H,4-6,8,11,14,17-19H2,1-2H3,(H,34,37)/t20-,21+,24-,26+,29-,32-/m0/s1. The average molecular weight is 599 g/mol. The molecular weight excluding hydrogens is 560 g/mol. The first-order valence-corrected chi connectivity index (χ1v) is 16.7. The first kappa shape index (κ1) is 28.6. The molecule has 4 aliphatic rings. The van der Waals surface area contributed by atoms with Crippen molar-refractivity contribution in [2.45, 2.75) is 69.1 Å². The predicted molar refractivity (Wildman–Crippen MR) is 161 cm³/mol. The Kier molecular flexibility index (Phi) is 7.62. The lowest BCUT2D eigenvalue weighted by Crippen LogP contribution is -2.49. The SMILES string of the molecule is C[C@@H]1[C@@H](C)CC=C[C@H](O)[C@@H]2CC[C@H]2CN2C[C@@]3(CCCc4cc(Cl)ccc43)COc3ccc(cc32)C(=O)NS1(=O)=O. The summed E-state index contributed by atoms with van der Waals surface area (Å²) in [6, 6.07) is 11.4. The van der Waals surface area contributed by atoms with E-state index in [9.17, 15) is 18.3 Å². The topological polar surface area (TPSA) is 95.9 Å². The second kappa shape index (κ2) is 10.9. The third-order valence-electron chi connectivity index (χ3n) is 10.0. The number of aryl methyl sites for hydroxylation is 1. The van der Waals surface area contributed by atoms with Gasteiger partial charge >= 0.3 is 0 Å². The van der Waals surface area contributed by atoms with E-state index in [1.807, 2.05) is 25.1 Å². The molecule has 6 atom stereocenters. The number of benzene rings is 2. The van der Waals surface area contributed by atoms with Gasteiger partial charge in [-0.15, -0.1) is 0 Å². The van der Waals surface area contributed by atoms with E-state index in [1.54, 1.807) is 25.1 Å². The number of aliphatic hydroxyl groups is 1. The summed E-state index contributed by atoms with van der Waals surface area (Å²) in [4.78, 5) is 15.6. The van der Waals surface area contributed by atoms with E-state index in [1.165, 1.54) is 11.1 Å². The number of fused-ring (bicyclic) bond motifs is 4. The maximum atomic E-state index is 13.3. The van der Waals surface area contributed by atoms with Crippen molar-refractivity contribution in [3.8, 4) is 5.75 Å². The Bertz CT molecular complexity index is 1480. The van der Waals surface area contributed by atoms with Crippen molar-refractivity contribution in [2.75, 3.05) is 24.6 Å². The number of halogens is 1. The zero-order valence-electron chi connectivity index (χ0n) is 23.7. The highest BCUT2D eigenvalue weighted by atomic mass is 35.5. The summed E-state index contributed by atoms with van der Waals surface area (Å²) in [6.45, 7) is 5.39. The second-order valence-corrected chi connectivity index (χ2v) is 15.1. The first-order valence-electron chi connectivity index (χ1n) is 14.8. The number of hydrogen-bond acceptors (Lipinski definition) is 6. The number of anilines is 1. The van der Waals surface area contributed by atoms with Crippen molar-refractivity contribution in [1.29, 1.82) is 0 Å². The normalized spacial score (nSPS) is 33.0. The summed E-state index contributed by atoms with van der Waals surface area (Å²) in [5, 5.41) is 11.1. The summed E-state index contributed by atoms with van der Waals surface area (Å²) in [6.07, 6.45) is 8.58. The van der Waals surface area contributed by atoms with Gasteiger partial charge in [0.1, 0.15) is 5.75 Å². The van der Waals surface area contributed by atoms with Crippen molar-refractivity contribution >= 4 is 33.2 Å². The zero-order valence-corrected chi connectivity index (χ0v) is 25.3. The Morgan fingerprint density at radius 2 is 1.98 bits per heavy atom. The number of nitrogens with one attached hydrogen (secondary N) is 1. The van der Waals surface area contributed by atoms with E-state index in [0.29, 0.717) is 31.9 Å². The Labute approximate surface area is 248 Å². The summed E-state index contributed by atoms with van der Waals surface area (Å²) in [5.41, 5.74) is 3.33. The summed E-state index contributed by atoms with van der Waals surface area (Å²) in [7, 11) is -3.91. The van der Waals surface area contributed by atoms with E-state index in [0.717, 1.165) is 42.8 Å². The van der Waals surface area contributed by atoms with Crippen LogP contribution < -0.4 is 14.4 Å². The van der Waals surface area contributed by atoms with Gasteiger partial charge in [-0.1, -0.05) is 36.7 Å². The lowest BCUT2D eigenvalue weighted by molar-refractivity contribution is 0.0456. The number of aliphatic hydroxyl groups excluding tert-OH is 1. The van der Waals surface area contributed by atoms with Crippen LogP contribution in [0.4, 0.5) is 5.69 Å². The molecule has 41 heavy (non-hydrogen) atoms. The Balaban J connectivity index is 1.42. The molecule has 1 saturated carbocycles. The van der Waals surface area contributed by atoms with Gasteiger partial charge in [0, 0.05) is 29.1 Å². The number of carbonyl (C=O) groups excluding carboxylic acids is 1. The van der Waals surface area contributed by atoms with Gasteiger partial charge < -0.3 is 14.7 Å². The molecule has 220 valence electrons. The van der Waals surface area contributed by atoms with Gasteiger partial charge in [0.05, 0.1) is 23.6 Å². The molecular formula is C32H39ClN2O5S. The number of hydrogen-bond donors (Lipinski definition) is 2. The number of carbonyl (C=O) groups is 1. The molecule has 2 aliphatic carbocycles. The lowest BCUT2D eigenvalue weighted by atomic mass is 9.68. The molecule has 7 nitrogen and oxygen atoms in total. The molecule has 2 aromatic carbocycles. The third kappa shape index (κ3) is 5.39. The van der Waals surface area contributed by atoms with Crippen LogP contribution in [0.1, 0.15) is 67.4 Å². The minimum absolute atomic E-state index is 0.128. The number of rotatable bonds is 0. The molecule has 2 heterocycles. The fraction of sp³-hybridized carbons (Fsp3) is 0.531. The molecule has 1 amide bonds. The minimum Gasteiger partial charge on any atom is -0.490 e. The molecule has 0 aromatic heterocycles. The molecule has 0 unspecified atom stereocenters. The summed E-state index contributed by atoms with van der Waals surface area (Å²) >= 11 is 6.38. The molecule has 2 aromatic rings. The van der Waals surface area contributed by atoms with Crippen LogP contribution in [0.2, 0.25) is 5.02 Å². The molecule has 1 fully saturated rings. The number of allylic oxidation sites excluding steroid dienone is 1. The van der Waals surface area contributed by atoms with Crippen molar-refractivity contribution in [3.63, 3.8) is 0 Å². The van der Waals surface area contributed by atoms with Crippen LogP contribution >= 0.6 is 11.6 Å². The molecule has 9 heteroatoms. The van der Waals surface area contributed by atoms with Crippen LogP contribution in [0.5, 0.6) is 5.75 Å². The highest BCUT2D eigenvalue weighted by molar-refractivity contribution is 7.90. The number of ether oxygens (including phenoxy) is 1. The van der Waals surface area contributed by atoms with Crippen LogP contribution in [0.25, 0.3) is 0 Å². The summed E-state index contributed by atoms with van der Waals surface area (Å²) < 4.78 is 35.1. The third-order valence-corrected chi connectivity index (χ3v) is 12.2. The fourth-order valence-corrected chi connectivity index (χ4v) is 8.64. The van der Waals surface area contributed by atoms with Crippen LogP contribution in [0.15, 0.2) is 48.6 Å². The fourth-order valence-electron chi connectivity index (χ4n) is 7.16. The van der Waals surface area contributed by atoms with Crippen molar-refractivity contribution in [3.05, 3.63) is 70.3 Å². The van der Waals surface area contributed by atoms with Gasteiger partial charge in [-0.3, -0.25) is 4.79 Å². The van der Waals surface area contributed by atoms with Crippen molar-refractivity contribution < 1.29 is 23.1 Å². The van der Waals surface area contributed by atoms with E-state index in [-0.39, 0.29) is 28.7 Å². The maximum Gasteiger partial charge on any atom is 0.264 e. The van der Waals surface area contributed by atoms with Crippen molar-refractivity contribution in [1.82, 2.24) is 4.72 Å². The second-order valence-electron chi connectivity index (χ2n) is 12.6. The molecule has 1 spiro atoms. The predicted octanol–water partition coefficient (Wildman–Crippen LogP) is 5.24. The van der Waals surface area contributed by atoms with Gasteiger partial charge in [-0.2, -0.15) is 0 Å². The van der Waals surface area contributed by atoms with Gasteiger partial charge in [-0.05, 0) is 105 Å². The number of sulfonamides is 1. The monoisotopic (exact) mass is 598 g/mol. The lowest BCUT2D eigenvalue weighted by Gasteiger charge is -2.45. The quantitative estimate of drug-likeness (QED) is 0.403.